The predicted molar refractivity (Wildman–Crippen MR) is 74.8 cm³/mol. The number of hydrogen-bond acceptors (Lipinski definition) is 4. The third-order valence-electron chi connectivity index (χ3n) is 3.41. The van der Waals surface area contributed by atoms with Crippen molar-refractivity contribution in [3.63, 3.8) is 0 Å². The smallest absolute Gasteiger partial charge is 0.161 e. The molecule has 1 aromatic rings. The van der Waals surface area contributed by atoms with Gasteiger partial charge in [0, 0.05) is 19.6 Å². The van der Waals surface area contributed by atoms with Crippen LogP contribution < -0.4 is 9.47 Å². The van der Waals surface area contributed by atoms with Crippen molar-refractivity contribution in [1.82, 2.24) is 4.90 Å². The molecule has 106 valence electrons. The highest BCUT2D eigenvalue weighted by molar-refractivity contribution is 5.48. The van der Waals surface area contributed by atoms with Crippen molar-refractivity contribution in [3.05, 3.63) is 23.3 Å². The van der Waals surface area contributed by atoms with Gasteiger partial charge in [0.1, 0.15) is 0 Å². The number of hydrogen-bond donors (Lipinski definition) is 1. The minimum atomic E-state index is -0.659. The van der Waals surface area contributed by atoms with Crippen LogP contribution in [-0.2, 0) is 13.0 Å². The molecule has 2 rings (SSSR count). The zero-order valence-corrected chi connectivity index (χ0v) is 12.2. The van der Waals surface area contributed by atoms with E-state index < -0.39 is 5.60 Å². The second kappa shape index (κ2) is 5.39. The molecule has 0 saturated heterocycles. The summed E-state index contributed by atoms with van der Waals surface area (Å²) in [6, 6.07) is 4.11. The van der Waals surface area contributed by atoms with Gasteiger partial charge in [-0.1, -0.05) is 0 Å². The van der Waals surface area contributed by atoms with Crippen LogP contribution in [0.5, 0.6) is 11.5 Å². The van der Waals surface area contributed by atoms with E-state index in [-0.39, 0.29) is 0 Å². The minimum absolute atomic E-state index is 0.659. The maximum absolute atomic E-state index is 9.91. The molecule has 0 aromatic heterocycles. The second-order valence-corrected chi connectivity index (χ2v) is 5.75. The van der Waals surface area contributed by atoms with Gasteiger partial charge in [-0.25, -0.2) is 0 Å². The first-order valence-corrected chi connectivity index (χ1v) is 6.61. The van der Waals surface area contributed by atoms with Crippen LogP contribution in [-0.4, -0.2) is 42.9 Å². The average molecular weight is 265 g/mol. The summed E-state index contributed by atoms with van der Waals surface area (Å²) in [7, 11) is 3.31. The fraction of sp³-hybridized carbons (Fsp3) is 0.600. The maximum Gasteiger partial charge on any atom is 0.161 e. The molecule has 4 nitrogen and oxygen atoms in total. The highest BCUT2D eigenvalue weighted by Crippen LogP contribution is 2.33. The molecule has 1 aliphatic heterocycles. The average Bonchev–Trinajstić information content (AvgIpc) is 2.35. The Morgan fingerprint density at radius 3 is 2.26 bits per heavy atom. The fourth-order valence-electron chi connectivity index (χ4n) is 2.62. The van der Waals surface area contributed by atoms with Crippen molar-refractivity contribution in [3.8, 4) is 11.5 Å². The topological polar surface area (TPSA) is 41.9 Å². The number of aliphatic hydroxyl groups is 1. The molecule has 0 radical (unpaired) electrons. The molecule has 0 amide bonds. The van der Waals surface area contributed by atoms with Crippen molar-refractivity contribution in [2.75, 3.05) is 27.3 Å². The van der Waals surface area contributed by atoms with E-state index in [1.165, 1.54) is 11.1 Å². The molecular weight excluding hydrogens is 242 g/mol. The van der Waals surface area contributed by atoms with Crippen LogP contribution in [0.3, 0.4) is 0 Å². The lowest BCUT2D eigenvalue weighted by Crippen LogP contribution is -2.41. The Kier molecular flexibility index (Phi) is 4.02. The van der Waals surface area contributed by atoms with E-state index in [9.17, 15) is 5.11 Å². The molecule has 1 aliphatic rings. The van der Waals surface area contributed by atoms with Gasteiger partial charge in [0.2, 0.25) is 0 Å². The van der Waals surface area contributed by atoms with Crippen molar-refractivity contribution >= 4 is 0 Å². The first kappa shape index (κ1) is 14.2. The number of nitrogens with zero attached hydrogens (tertiary/aromatic N) is 1. The summed E-state index contributed by atoms with van der Waals surface area (Å²) < 4.78 is 10.7. The Morgan fingerprint density at radius 1 is 1.16 bits per heavy atom. The molecule has 0 unspecified atom stereocenters. The van der Waals surface area contributed by atoms with E-state index in [1.807, 2.05) is 19.9 Å². The first-order valence-electron chi connectivity index (χ1n) is 6.61. The van der Waals surface area contributed by atoms with Crippen LogP contribution in [0.2, 0.25) is 0 Å². The van der Waals surface area contributed by atoms with Gasteiger partial charge in [-0.05, 0) is 43.5 Å². The monoisotopic (exact) mass is 265 g/mol. The van der Waals surface area contributed by atoms with E-state index in [0.29, 0.717) is 6.54 Å². The number of β-amino-alcohol motifs (C(OH)–C–C–N with tert-alkyl or cyclic N) is 1. The molecule has 0 bridgehead atoms. The Hall–Kier alpha value is -1.26. The van der Waals surface area contributed by atoms with E-state index in [1.54, 1.807) is 14.2 Å². The zero-order valence-electron chi connectivity index (χ0n) is 12.2. The van der Waals surface area contributed by atoms with Gasteiger partial charge in [0.05, 0.1) is 19.8 Å². The highest BCUT2D eigenvalue weighted by atomic mass is 16.5. The standard InChI is InChI=1S/C15H23NO3/c1-15(2,17)10-16-6-5-11-7-13(18-3)14(19-4)8-12(11)9-16/h7-8,17H,5-6,9-10H2,1-4H3. The van der Waals surface area contributed by atoms with Crippen LogP contribution in [0.15, 0.2) is 12.1 Å². The van der Waals surface area contributed by atoms with Crippen LogP contribution in [0.4, 0.5) is 0 Å². The molecule has 1 N–H and O–H groups in total. The molecule has 0 fully saturated rings. The molecule has 4 heteroatoms. The number of fused-ring (bicyclic) bond motifs is 1. The van der Waals surface area contributed by atoms with E-state index in [0.717, 1.165) is 31.0 Å². The lowest BCUT2D eigenvalue weighted by Gasteiger charge is -2.33. The summed E-state index contributed by atoms with van der Waals surface area (Å²) >= 11 is 0. The Bertz CT molecular complexity index is 451. The number of benzene rings is 1. The van der Waals surface area contributed by atoms with Crippen molar-refractivity contribution in [1.29, 1.82) is 0 Å². The van der Waals surface area contributed by atoms with Gasteiger partial charge in [-0.15, -0.1) is 0 Å². The van der Waals surface area contributed by atoms with Crippen LogP contribution in [0.25, 0.3) is 0 Å². The molecule has 0 spiro atoms. The van der Waals surface area contributed by atoms with Crippen molar-refractivity contribution in [2.45, 2.75) is 32.4 Å². The van der Waals surface area contributed by atoms with Crippen molar-refractivity contribution in [2.24, 2.45) is 0 Å². The van der Waals surface area contributed by atoms with E-state index >= 15 is 0 Å². The molecule has 1 aromatic carbocycles. The largest absolute Gasteiger partial charge is 0.493 e. The highest BCUT2D eigenvalue weighted by Gasteiger charge is 2.23. The minimum Gasteiger partial charge on any atom is -0.493 e. The molecule has 1 heterocycles. The van der Waals surface area contributed by atoms with E-state index in [4.69, 9.17) is 9.47 Å². The molecule has 0 saturated carbocycles. The van der Waals surface area contributed by atoms with Crippen LogP contribution in [0.1, 0.15) is 25.0 Å². The maximum atomic E-state index is 9.91. The third-order valence-corrected chi connectivity index (χ3v) is 3.41. The van der Waals surface area contributed by atoms with Gasteiger partial charge >= 0.3 is 0 Å². The third kappa shape index (κ3) is 3.39. The van der Waals surface area contributed by atoms with Gasteiger partial charge in [0.15, 0.2) is 11.5 Å². The molecule has 0 atom stereocenters. The quantitative estimate of drug-likeness (QED) is 0.902. The Balaban J connectivity index is 2.20. The van der Waals surface area contributed by atoms with Gasteiger partial charge in [0.25, 0.3) is 0 Å². The number of ether oxygens (including phenoxy) is 2. The summed E-state index contributed by atoms with van der Waals surface area (Å²) in [5, 5.41) is 9.91. The number of rotatable bonds is 4. The summed E-state index contributed by atoms with van der Waals surface area (Å²) in [5.74, 6) is 1.56. The summed E-state index contributed by atoms with van der Waals surface area (Å²) in [6.45, 7) is 6.18. The lowest BCUT2D eigenvalue weighted by molar-refractivity contribution is 0.0317. The first-order chi connectivity index (χ1) is 8.93. The molecule has 0 aliphatic carbocycles. The van der Waals surface area contributed by atoms with Gasteiger partial charge in [-0.3, -0.25) is 4.90 Å². The Labute approximate surface area is 114 Å². The fourth-order valence-corrected chi connectivity index (χ4v) is 2.62. The summed E-state index contributed by atoms with van der Waals surface area (Å²) in [6.07, 6.45) is 0.978. The molecule has 19 heavy (non-hydrogen) atoms. The van der Waals surface area contributed by atoms with Crippen LogP contribution in [0, 0.1) is 0 Å². The normalized spacial score (nSPS) is 16.1. The lowest BCUT2D eigenvalue weighted by atomic mass is 9.97. The van der Waals surface area contributed by atoms with Gasteiger partial charge < -0.3 is 14.6 Å². The predicted octanol–water partition coefficient (Wildman–Crippen LogP) is 1.83. The zero-order chi connectivity index (χ0) is 14.0. The van der Waals surface area contributed by atoms with Gasteiger partial charge in [-0.2, -0.15) is 0 Å². The summed E-state index contributed by atoms with van der Waals surface area (Å²) in [4.78, 5) is 2.27. The summed E-state index contributed by atoms with van der Waals surface area (Å²) in [5.41, 5.74) is 1.91. The van der Waals surface area contributed by atoms with Crippen LogP contribution >= 0.6 is 0 Å². The number of methoxy groups -OCH3 is 2. The van der Waals surface area contributed by atoms with Crippen molar-refractivity contribution < 1.29 is 14.6 Å². The Morgan fingerprint density at radius 2 is 1.74 bits per heavy atom. The molecular formula is C15H23NO3. The SMILES string of the molecule is COc1cc2c(cc1OC)CN(CC(C)(C)O)CC2. The van der Waals surface area contributed by atoms with E-state index in [2.05, 4.69) is 11.0 Å². The second-order valence-electron chi connectivity index (χ2n) is 5.75.